The van der Waals surface area contributed by atoms with E-state index in [9.17, 15) is 21.6 Å². The van der Waals surface area contributed by atoms with E-state index in [4.69, 9.17) is 0 Å². The van der Waals surface area contributed by atoms with E-state index in [0.29, 0.717) is 41.7 Å². The lowest BCUT2D eigenvalue weighted by molar-refractivity contribution is -0.0496. The van der Waals surface area contributed by atoms with Gasteiger partial charge in [0.15, 0.2) is 5.96 Å². The fourth-order valence-electron chi connectivity index (χ4n) is 4.10. The molecule has 0 radical (unpaired) electrons. The van der Waals surface area contributed by atoms with Crippen LogP contribution < -0.4 is 10.6 Å². The van der Waals surface area contributed by atoms with Gasteiger partial charge in [-0.1, -0.05) is 6.42 Å². The van der Waals surface area contributed by atoms with E-state index < -0.39 is 15.5 Å². The molecule has 0 saturated carbocycles. The van der Waals surface area contributed by atoms with Crippen molar-refractivity contribution in [1.29, 1.82) is 0 Å². The van der Waals surface area contributed by atoms with E-state index in [1.54, 1.807) is 7.05 Å². The molecule has 2 saturated heterocycles. The minimum atomic E-state index is -5.23. The zero-order chi connectivity index (χ0) is 21.7. The maximum absolute atomic E-state index is 12.7. The predicted molar refractivity (Wildman–Crippen MR) is 108 cm³/mol. The molecule has 2 rings (SSSR count). The first-order chi connectivity index (χ1) is 13.6. The number of rotatable bonds is 6. The van der Waals surface area contributed by atoms with Gasteiger partial charge in [0.25, 0.3) is 0 Å². The molecule has 7 nitrogen and oxygen atoms in total. The summed E-state index contributed by atoms with van der Waals surface area (Å²) in [5, 5.41) is 6.54. The number of aliphatic imine (C=N–C) groups is 1. The second kappa shape index (κ2) is 10.3. The molecule has 0 aromatic rings. The largest absolute Gasteiger partial charge is 0.511 e. The fraction of sp³-hybridized carbons (Fsp3) is 0.944. The molecular weight excluding hydrogens is 407 g/mol. The van der Waals surface area contributed by atoms with Crippen LogP contribution in [-0.2, 0) is 10.0 Å². The smallest absolute Gasteiger partial charge is 0.356 e. The Hall–Kier alpha value is -1.07. The lowest BCUT2D eigenvalue weighted by Gasteiger charge is -2.38. The molecule has 29 heavy (non-hydrogen) atoms. The summed E-state index contributed by atoms with van der Waals surface area (Å²) < 4.78 is 61.5. The van der Waals surface area contributed by atoms with E-state index >= 15 is 0 Å². The predicted octanol–water partition coefficient (Wildman–Crippen LogP) is 1.98. The second-order valence-corrected chi connectivity index (χ2v) is 9.99. The van der Waals surface area contributed by atoms with Crippen molar-refractivity contribution in [1.82, 2.24) is 19.8 Å². The van der Waals surface area contributed by atoms with E-state index in [1.165, 1.54) is 19.3 Å². The first-order valence-corrected chi connectivity index (χ1v) is 11.8. The van der Waals surface area contributed by atoms with Crippen LogP contribution in [-0.4, -0.2) is 80.9 Å². The Morgan fingerprint density at radius 2 is 1.79 bits per heavy atom. The monoisotopic (exact) mass is 441 g/mol. The van der Waals surface area contributed by atoms with Gasteiger partial charge in [-0.25, -0.2) is 8.42 Å². The van der Waals surface area contributed by atoms with Crippen LogP contribution in [0.2, 0.25) is 0 Å². The third-order valence-electron chi connectivity index (χ3n) is 5.97. The van der Waals surface area contributed by atoms with Crippen molar-refractivity contribution in [2.24, 2.45) is 10.9 Å². The van der Waals surface area contributed by atoms with Crippen LogP contribution in [0.25, 0.3) is 0 Å². The van der Waals surface area contributed by atoms with Crippen molar-refractivity contribution >= 4 is 16.0 Å². The summed E-state index contributed by atoms with van der Waals surface area (Å²) in [6.07, 6.45) is 4.51. The molecule has 2 atom stereocenters. The summed E-state index contributed by atoms with van der Waals surface area (Å²) in [5.41, 5.74) is -5.23. The second-order valence-electron chi connectivity index (χ2n) is 8.06. The summed E-state index contributed by atoms with van der Waals surface area (Å²) in [7, 11) is -3.54. The first kappa shape index (κ1) is 24.2. The van der Waals surface area contributed by atoms with Crippen LogP contribution in [0.5, 0.6) is 0 Å². The number of hydrogen-bond acceptors (Lipinski definition) is 4. The van der Waals surface area contributed by atoms with Crippen LogP contribution in [0.4, 0.5) is 13.2 Å². The van der Waals surface area contributed by atoms with Gasteiger partial charge in [0.1, 0.15) is 0 Å². The molecule has 2 aliphatic heterocycles. The van der Waals surface area contributed by atoms with E-state index in [1.807, 2.05) is 0 Å². The van der Waals surface area contributed by atoms with Crippen LogP contribution in [0, 0.1) is 5.92 Å². The minimum absolute atomic E-state index is 0.104. The van der Waals surface area contributed by atoms with Gasteiger partial charge in [-0.2, -0.15) is 17.5 Å². The van der Waals surface area contributed by atoms with Gasteiger partial charge in [0, 0.05) is 45.3 Å². The quantitative estimate of drug-likeness (QED) is 0.487. The number of sulfonamides is 1. The molecule has 0 spiro atoms. The fourth-order valence-corrected chi connectivity index (χ4v) is 5.08. The molecule has 0 aromatic carbocycles. The number of hydrogen-bond donors (Lipinski definition) is 2. The number of halogens is 3. The van der Waals surface area contributed by atoms with Crippen molar-refractivity contribution in [3.63, 3.8) is 0 Å². The highest BCUT2D eigenvalue weighted by atomic mass is 32.2. The van der Waals surface area contributed by atoms with Crippen molar-refractivity contribution in [3.05, 3.63) is 0 Å². The number of likely N-dealkylation sites (tertiary alicyclic amines) is 1. The van der Waals surface area contributed by atoms with E-state index in [-0.39, 0.29) is 19.0 Å². The summed E-state index contributed by atoms with van der Waals surface area (Å²) in [6, 6.07) is 0.952. The topological polar surface area (TPSA) is 77.0 Å². The molecule has 2 heterocycles. The molecule has 2 fully saturated rings. The normalized spacial score (nSPS) is 25.0. The van der Waals surface area contributed by atoms with Gasteiger partial charge < -0.3 is 10.6 Å². The molecule has 0 amide bonds. The van der Waals surface area contributed by atoms with Gasteiger partial charge in [0.05, 0.1) is 0 Å². The van der Waals surface area contributed by atoms with Crippen molar-refractivity contribution in [3.8, 4) is 0 Å². The summed E-state index contributed by atoms with van der Waals surface area (Å²) in [5.74, 6) is 0.764. The van der Waals surface area contributed by atoms with Crippen LogP contribution >= 0.6 is 0 Å². The highest BCUT2D eigenvalue weighted by Crippen LogP contribution is 2.30. The number of nitrogens with zero attached hydrogens (tertiary/aromatic N) is 3. The summed E-state index contributed by atoms with van der Waals surface area (Å²) in [6.45, 7) is 6.65. The minimum Gasteiger partial charge on any atom is -0.356 e. The lowest BCUT2D eigenvalue weighted by Crippen LogP contribution is -2.51. The van der Waals surface area contributed by atoms with E-state index in [0.717, 1.165) is 13.1 Å². The number of guanidine groups is 1. The van der Waals surface area contributed by atoms with Crippen LogP contribution in [0.15, 0.2) is 4.99 Å². The standard InChI is InChI=1S/C18H34F3N5O2S/c1-14-6-4-5-9-26(14)15(2)12-23-17(22-3)24-13-16-7-10-25(11-8-16)29(27,28)18(19,20)21/h14-16H,4-13H2,1-3H3,(H2,22,23,24). The molecule has 0 aromatic heterocycles. The molecule has 170 valence electrons. The molecule has 0 aliphatic carbocycles. The Labute approximate surface area is 172 Å². The van der Waals surface area contributed by atoms with Crippen LogP contribution in [0.3, 0.4) is 0 Å². The average Bonchev–Trinajstić information content (AvgIpc) is 2.67. The number of piperidine rings is 2. The van der Waals surface area contributed by atoms with Crippen LogP contribution in [0.1, 0.15) is 46.0 Å². The SMILES string of the molecule is CN=C(NCC1CCN(S(=O)(=O)C(F)(F)F)CC1)NCC(C)N1CCCCC1C. The summed E-state index contributed by atoms with van der Waals surface area (Å²) >= 11 is 0. The Kier molecular flexibility index (Phi) is 8.59. The summed E-state index contributed by atoms with van der Waals surface area (Å²) in [4.78, 5) is 6.72. The third kappa shape index (κ3) is 6.45. The Balaban J connectivity index is 1.73. The molecule has 2 unspecified atom stereocenters. The molecule has 0 bridgehead atoms. The Morgan fingerprint density at radius 1 is 1.14 bits per heavy atom. The molecule has 11 heteroatoms. The highest BCUT2D eigenvalue weighted by Gasteiger charge is 2.50. The van der Waals surface area contributed by atoms with Gasteiger partial charge in [-0.15, -0.1) is 0 Å². The van der Waals surface area contributed by atoms with E-state index in [2.05, 4.69) is 34.4 Å². The van der Waals surface area contributed by atoms with Gasteiger partial charge in [-0.3, -0.25) is 9.89 Å². The third-order valence-corrected chi connectivity index (χ3v) is 7.60. The van der Waals surface area contributed by atoms with Gasteiger partial charge >= 0.3 is 15.5 Å². The number of alkyl halides is 3. The van der Waals surface area contributed by atoms with Crippen molar-refractivity contribution in [2.45, 2.75) is 63.5 Å². The first-order valence-electron chi connectivity index (χ1n) is 10.3. The Bertz CT molecular complexity index is 648. The Morgan fingerprint density at radius 3 is 2.34 bits per heavy atom. The maximum Gasteiger partial charge on any atom is 0.511 e. The molecular formula is C18H34F3N5O2S. The van der Waals surface area contributed by atoms with Gasteiger partial charge in [-0.05, 0) is 52.0 Å². The van der Waals surface area contributed by atoms with Crippen molar-refractivity contribution in [2.75, 3.05) is 39.8 Å². The zero-order valence-electron chi connectivity index (χ0n) is 17.5. The highest BCUT2D eigenvalue weighted by molar-refractivity contribution is 7.90. The zero-order valence-corrected chi connectivity index (χ0v) is 18.3. The average molecular weight is 442 g/mol. The van der Waals surface area contributed by atoms with Crippen molar-refractivity contribution < 1.29 is 21.6 Å². The number of nitrogens with one attached hydrogen (secondary N) is 2. The molecule has 2 aliphatic rings. The lowest BCUT2D eigenvalue weighted by atomic mass is 9.98. The van der Waals surface area contributed by atoms with Gasteiger partial charge in [0.2, 0.25) is 0 Å². The maximum atomic E-state index is 12.7. The molecule has 2 N–H and O–H groups in total.